The molecular formula is C11H11ClN2O3. The molecule has 2 rings (SSSR count). The van der Waals surface area contributed by atoms with Gasteiger partial charge in [-0.25, -0.2) is 9.78 Å². The van der Waals surface area contributed by atoms with E-state index < -0.39 is 5.97 Å². The molecule has 0 saturated carbocycles. The van der Waals surface area contributed by atoms with Crippen LogP contribution in [-0.4, -0.2) is 34.2 Å². The number of aromatic nitrogens is 2. The molecule has 2 heterocycles. The fourth-order valence-corrected chi connectivity index (χ4v) is 1.81. The molecule has 90 valence electrons. The Kier molecular flexibility index (Phi) is 3.31. The minimum absolute atomic E-state index is 0.0494. The number of nitrogens with zero attached hydrogens (tertiary/aromatic N) is 2. The molecule has 0 aliphatic heterocycles. The summed E-state index contributed by atoms with van der Waals surface area (Å²) >= 11 is 5.89. The zero-order valence-electron chi connectivity index (χ0n) is 9.18. The number of carbonyl (C=O) groups excluding carboxylic acids is 1. The predicted molar refractivity (Wildman–Crippen MR) is 62.3 cm³/mol. The third-order valence-electron chi connectivity index (χ3n) is 2.39. The molecule has 0 atom stereocenters. The van der Waals surface area contributed by atoms with E-state index in [4.69, 9.17) is 16.7 Å². The van der Waals surface area contributed by atoms with Crippen molar-refractivity contribution in [1.29, 1.82) is 0 Å². The average molecular weight is 255 g/mol. The maximum Gasteiger partial charge on any atom is 0.358 e. The van der Waals surface area contributed by atoms with Crippen LogP contribution in [0.3, 0.4) is 0 Å². The molecule has 2 aromatic rings. The van der Waals surface area contributed by atoms with Gasteiger partial charge in [-0.15, -0.1) is 0 Å². The molecular weight excluding hydrogens is 244 g/mol. The Bertz CT molecular complexity index is 565. The van der Waals surface area contributed by atoms with Crippen LogP contribution in [0, 0.1) is 0 Å². The van der Waals surface area contributed by atoms with Crippen LogP contribution >= 0.6 is 11.6 Å². The van der Waals surface area contributed by atoms with E-state index in [9.17, 15) is 4.79 Å². The lowest BCUT2D eigenvalue weighted by molar-refractivity contribution is 0.0596. The Hall–Kier alpha value is -1.59. The fourth-order valence-electron chi connectivity index (χ4n) is 1.64. The van der Waals surface area contributed by atoms with Crippen LogP contribution in [-0.2, 0) is 11.2 Å². The van der Waals surface area contributed by atoms with Crippen LogP contribution in [0.1, 0.15) is 16.3 Å². The molecule has 0 bridgehead atoms. The number of esters is 1. The number of hydrogen-bond acceptors (Lipinski definition) is 4. The quantitative estimate of drug-likeness (QED) is 0.839. The molecule has 0 amide bonds. The smallest absolute Gasteiger partial charge is 0.358 e. The number of carbonyl (C=O) groups is 1. The van der Waals surface area contributed by atoms with Crippen molar-refractivity contribution in [2.45, 2.75) is 6.42 Å². The third kappa shape index (κ3) is 2.11. The van der Waals surface area contributed by atoms with Gasteiger partial charge >= 0.3 is 5.97 Å². The first kappa shape index (κ1) is 11.9. The fraction of sp³-hybridized carbons (Fsp3) is 0.273. The van der Waals surface area contributed by atoms with Gasteiger partial charge in [0.25, 0.3) is 0 Å². The Morgan fingerprint density at radius 3 is 3.00 bits per heavy atom. The molecule has 0 unspecified atom stereocenters. The monoisotopic (exact) mass is 254 g/mol. The van der Waals surface area contributed by atoms with Gasteiger partial charge in [0, 0.05) is 12.6 Å². The average Bonchev–Trinajstić information content (AvgIpc) is 2.67. The van der Waals surface area contributed by atoms with E-state index in [1.54, 1.807) is 22.7 Å². The van der Waals surface area contributed by atoms with Crippen LogP contribution < -0.4 is 0 Å². The number of imidazole rings is 1. The molecule has 5 nitrogen and oxygen atoms in total. The topological polar surface area (TPSA) is 63.8 Å². The standard InChI is InChI=1S/C11H11ClN2O3/c1-17-11(16)10-8-3-2-7(12)6-14(8)9(13-10)4-5-15/h2-3,6,15H,4-5H2,1H3. The Balaban J connectivity index is 2.66. The summed E-state index contributed by atoms with van der Waals surface area (Å²) in [5.74, 6) is 0.0689. The molecule has 2 aromatic heterocycles. The van der Waals surface area contributed by atoms with Gasteiger partial charge in [-0.1, -0.05) is 11.6 Å². The Morgan fingerprint density at radius 1 is 1.59 bits per heavy atom. The number of rotatable bonds is 3. The maximum atomic E-state index is 11.5. The SMILES string of the molecule is COC(=O)c1nc(CCO)n2cc(Cl)ccc12. The summed E-state index contributed by atoms with van der Waals surface area (Å²) in [5, 5.41) is 9.48. The van der Waals surface area contributed by atoms with Crippen LogP contribution in [0.2, 0.25) is 5.02 Å². The summed E-state index contributed by atoms with van der Waals surface area (Å²) in [6.07, 6.45) is 2.00. The highest BCUT2D eigenvalue weighted by Crippen LogP contribution is 2.18. The van der Waals surface area contributed by atoms with Crippen LogP contribution in [0.4, 0.5) is 0 Å². The highest BCUT2D eigenvalue weighted by atomic mass is 35.5. The van der Waals surface area contributed by atoms with Crippen LogP contribution in [0.5, 0.6) is 0 Å². The van der Waals surface area contributed by atoms with E-state index in [0.717, 1.165) is 0 Å². The largest absolute Gasteiger partial charge is 0.464 e. The van der Waals surface area contributed by atoms with E-state index >= 15 is 0 Å². The second-order valence-electron chi connectivity index (χ2n) is 3.44. The lowest BCUT2D eigenvalue weighted by Gasteiger charge is -1.99. The molecule has 0 radical (unpaired) electrons. The van der Waals surface area contributed by atoms with Crippen LogP contribution in [0.15, 0.2) is 18.3 Å². The van der Waals surface area contributed by atoms with Crippen molar-refractivity contribution in [3.63, 3.8) is 0 Å². The van der Waals surface area contributed by atoms with E-state index in [2.05, 4.69) is 9.72 Å². The van der Waals surface area contributed by atoms with E-state index in [1.807, 2.05) is 0 Å². The lowest BCUT2D eigenvalue weighted by Crippen LogP contribution is -2.02. The first-order valence-corrected chi connectivity index (χ1v) is 5.41. The third-order valence-corrected chi connectivity index (χ3v) is 2.61. The van der Waals surface area contributed by atoms with Gasteiger partial charge in [0.15, 0.2) is 5.69 Å². The first-order chi connectivity index (χ1) is 8.17. The molecule has 0 saturated heterocycles. The highest BCUT2D eigenvalue weighted by Gasteiger charge is 2.17. The first-order valence-electron chi connectivity index (χ1n) is 5.03. The molecule has 0 aromatic carbocycles. The lowest BCUT2D eigenvalue weighted by atomic mass is 10.3. The number of aliphatic hydroxyl groups is 1. The number of methoxy groups -OCH3 is 1. The molecule has 0 fully saturated rings. The van der Waals surface area contributed by atoms with Gasteiger partial charge in [-0.2, -0.15) is 0 Å². The maximum absolute atomic E-state index is 11.5. The summed E-state index contributed by atoms with van der Waals surface area (Å²) in [4.78, 5) is 15.7. The van der Waals surface area contributed by atoms with Gasteiger partial charge < -0.3 is 14.2 Å². The molecule has 0 spiro atoms. The van der Waals surface area contributed by atoms with E-state index in [0.29, 0.717) is 22.8 Å². The minimum atomic E-state index is -0.506. The zero-order chi connectivity index (χ0) is 12.4. The summed E-state index contributed by atoms with van der Waals surface area (Å²) in [5.41, 5.74) is 0.845. The molecule has 6 heteroatoms. The Labute approximate surface area is 103 Å². The Morgan fingerprint density at radius 2 is 2.35 bits per heavy atom. The van der Waals surface area contributed by atoms with E-state index in [-0.39, 0.29) is 12.3 Å². The van der Waals surface area contributed by atoms with Gasteiger partial charge in [0.05, 0.1) is 24.3 Å². The van der Waals surface area contributed by atoms with Crippen molar-refractivity contribution in [2.24, 2.45) is 0 Å². The number of fused-ring (bicyclic) bond motifs is 1. The number of pyridine rings is 1. The van der Waals surface area contributed by atoms with Gasteiger partial charge in [-0.3, -0.25) is 0 Å². The molecule has 0 aliphatic carbocycles. The summed E-state index contributed by atoms with van der Waals surface area (Å²) in [6, 6.07) is 3.37. The second-order valence-corrected chi connectivity index (χ2v) is 3.88. The molecule has 1 N–H and O–H groups in total. The van der Waals surface area contributed by atoms with Crippen molar-refractivity contribution >= 4 is 23.1 Å². The number of halogens is 1. The number of aliphatic hydroxyl groups excluding tert-OH is 1. The van der Waals surface area contributed by atoms with Crippen molar-refractivity contribution < 1.29 is 14.6 Å². The minimum Gasteiger partial charge on any atom is -0.464 e. The van der Waals surface area contributed by atoms with Crippen molar-refractivity contribution in [3.05, 3.63) is 34.9 Å². The summed E-state index contributed by atoms with van der Waals surface area (Å²) in [7, 11) is 1.30. The van der Waals surface area contributed by atoms with E-state index in [1.165, 1.54) is 7.11 Å². The summed E-state index contributed by atoms with van der Waals surface area (Å²) < 4.78 is 6.34. The summed E-state index contributed by atoms with van der Waals surface area (Å²) in [6.45, 7) is -0.0494. The van der Waals surface area contributed by atoms with Crippen molar-refractivity contribution in [3.8, 4) is 0 Å². The van der Waals surface area contributed by atoms with Gasteiger partial charge in [0.1, 0.15) is 5.82 Å². The second kappa shape index (κ2) is 4.73. The van der Waals surface area contributed by atoms with Crippen molar-refractivity contribution in [1.82, 2.24) is 9.38 Å². The van der Waals surface area contributed by atoms with Gasteiger partial charge in [-0.05, 0) is 12.1 Å². The highest BCUT2D eigenvalue weighted by molar-refractivity contribution is 6.30. The van der Waals surface area contributed by atoms with Crippen molar-refractivity contribution in [2.75, 3.05) is 13.7 Å². The zero-order valence-corrected chi connectivity index (χ0v) is 9.94. The number of hydrogen-bond donors (Lipinski definition) is 1. The molecule has 17 heavy (non-hydrogen) atoms. The predicted octanol–water partition coefficient (Wildman–Crippen LogP) is 1.31. The van der Waals surface area contributed by atoms with Gasteiger partial charge in [0.2, 0.25) is 0 Å². The number of ether oxygens (including phenoxy) is 1. The van der Waals surface area contributed by atoms with Crippen LogP contribution in [0.25, 0.3) is 5.52 Å². The molecule has 0 aliphatic rings. The normalized spacial score (nSPS) is 10.8.